The summed E-state index contributed by atoms with van der Waals surface area (Å²) in [5, 5.41) is 3.43. The largest absolute Gasteiger partial charge is 0.381 e. The predicted octanol–water partition coefficient (Wildman–Crippen LogP) is 3.81. The van der Waals surface area contributed by atoms with E-state index in [1.54, 1.807) is 13.1 Å². The van der Waals surface area contributed by atoms with Gasteiger partial charge in [0.1, 0.15) is 11.6 Å². The van der Waals surface area contributed by atoms with Gasteiger partial charge in [-0.2, -0.15) is 0 Å². The molecule has 3 rings (SSSR count). The molecular formula is C23H37F2IN4O2. The summed E-state index contributed by atoms with van der Waals surface area (Å²) < 4.78 is 38.9. The highest BCUT2D eigenvalue weighted by molar-refractivity contribution is 14.0. The van der Waals surface area contributed by atoms with Gasteiger partial charge in [0, 0.05) is 77.3 Å². The number of benzene rings is 1. The minimum absolute atomic E-state index is 0. The van der Waals surface area contributed by atoms with Crippen LogP contribution in [0.5, 0.6) is 0 Å². The molecule has 0 spiro atoms. The van der Waals surface area contributed by atoms with E-state index in [9.17, 15) is 8.78 Å². The first-order valence-corrected chi connectivity index (χ1v) is 11.5. The van der Waals surface area contributed by atoms with Gasteiger partial charge in [-0.25, -0.2) is 8.78 Å². The summed E-state index contributed by atoms with van der Waals surface area (Å²) in [5.74, 6) is -0.101. The maximum Gasteiger partial charge on any atom is 0.193 e. The van der Waals surface area contributed by atoms with Crippen LogP contribution >= 0.6 is 24.0 Å². The molecule has 1 aromatic rings. The van der Waals surface area contributed by atoms with E-state index in [-0.39, 0.29) is 30.0 Å². The minimum Gasteiger partial charge on any atom is -0.381 e. The molecule has 6 nitrogen and oxygen atoms in total. The van der Waals surface area contributed by atoms with Crippen LogP contribution in [0.4, 0.5) is 8.78 Å². The van der Waals surface area contributed by atoms with Crippen LogP contribution in [0.1, 0.15) is 44.2 Å². The quantitative estimate of drug-likeness (QED) is 0.225. The summed E-state index contributed by atoms with van der Waals surface area (Å²) in [6.45, 7) is 8.45. The Morgan fingerprint density at radius 2 is 1.94 bits per heavy atom. The normalized spacial score (nSPS) is 19.5. The first-order chi connectivity index (χ1) is 15.1. The van der Waals surface area contributed by atoms with Crippen molar-refractivity contribution >= 4 is 29.9 Å². The molecule has 2 fully saturated rings. The molecule has 9 heteroatoms. The Kier molecular flexibility index (Phi) is 12.1. The smallest absolute Gasteiger partial charge is 0.193 e. The molecular weight excluding hydrogens is 529 g/mol. The van der Waals surface area contributed by atoms with Crippen molar-refractivity contribution in [1.29, 1.82) is 0 Å². The van der Waals surface area contributed by atoms with Gasteiger partial charge in [0.05, 0.1) is 6.10 Å². The fourth-order valence-electron chi connectivity index (χ4n) is 4.39. The Morgan fingerprint density at radius 1 is 1.22 bits per heavy atom. The third-order valence-electron chi connectivity index (χ3n) is 6.10. The Hall–Kier alpha value is -1.04. The average molecular weight is 566 g/mol. The average Bonchev–Trinajstić information content (AvgIpc) is 2.79. The van der Waals surface area contributed by atoms with Crippen LogP contribution in [0.3, 0.4) is 0 Å². The molecule has 32 heavy (non-hydrogen) atoms. The third kappa shape index (κ3) is 7.78. The van der Waals surface area contributed by atoms with Gasteiger partial charge < -0.3 is 19.7 Å². The second-order valence-electron chi connectivity index (χ2n) is 8.12. The van der Waals surface area contributed by atoms with E-state index >= 15 is 0 Å². The van der Waals surface area contributed by atoms with Crippen LogP contribution in [-0.2, 0) is 9.47 Å². The molecule has 2 aliphatic rings. The third-order valence-corrected chi connectivity index (χ3v) is 6.10. The first-order valence-electron chi connectivity index (χ1n) is 11.5. The Balaban J connectivity index is 0.00000363. The van der Waals surface area contributed by atoms with E-state index < -0.39 is 11.6 Å². The zero-order valence-corrected chi connectivity index (χ0v) is 21.5. The number of halogens is 3. The number of ether oxygens (including phenoxy) is 2. The van der Waals surface area contributed by atoms with Crippen molar-refractivity contribution in [3.63, 3.8) is 0 Å². The number of nitrogens with one attached hydrogen (secondary N) is 1. The zero-order chi connectivity index (χ0) is 22.1. The molecule has 0 amide bonds. The highest BCUT2D eigenvalue weighted by Crippen LogP contribution is 2.28. The maximum atomic E-state index is 14.3. The van der Waals surface area contributed by atoms with Crippen LogP contribution in [0, 0.1) is 11.6 Å². The fraction of sp³-hybridized carbons (Fsp3) is 0.696. The zero-order valence-electron chi connectivity index (χ0n) is 19.2. The van der Waals surface area contributed by atoms with E-state index in [1.165, 1.54) is 6.07 Å². The fourth-order valence-corrected chi connectivity index (χ4v) is 4.39. The van der Waals surface area contributed by atoms with Crippen molar-refractivity contribution in [2.45, 2.75) is 44.8 Å². The van der Waals surface area contributed by atoms with Gasteiger partial charge in [0.25, 0.3) is 0 Å². The molecule has 0 saturated carbocycles. The molecule has 1 atom stereocenters. The summed E-state index contributed by atoms with van der Waals surface area (Å²) in [5.41, 5.74) is 0.574. The van der Waals surface area contributed by atoms with E-state index in [2.05, 4.69) is 20.1 Å². The molecule has 182 valence electrons. The summed E-state index contributed by atoms with van der Waals surface area (Å²) in [7, 11) is 1.80. The number of nitrogens with zero attached hydrogens (tertiary/aromatic N) is 3. The molecule has 0 bridgehead atoms. The molecule has 0 aromatic heterocycles. The Bertz CT molecular complexity index is 711. The van der Waals surface area contributed by atoms with Gasteiger partial charge >= 0.3 is 0 Å². The van der Waals surface area contributed by atoms with Crippen molar-refractivity contribution in [3.8, 4) is 0 Å². The van der Waals surface area contributed by atoms with Gasteiger partial charge in [-0.1, -0.05) is 13.0 Å². The summed E-state index contributed by atoms with van der Waals surface area (Å²) >= 11 is 0. The maximum absolute atomic E-state index is 14.3. The van der Waals surface area contributed by atoms with Crippen molar-refractivity contribution in [1.82, 2.24) is 15.1 Å². The lowest BCUT2D eigenvalue weighted by molar-refractivity contribution is -0.0320. The van der Waals surface area contributed by atoms with Gasteiger partial charge in [-0.05, 0) is 31.7 Å². The number of aliphatic imine (C=N–C) groups is 1. The van der Waals surface area contributed by atoms with Crippen molar-refractivity contribution in [3.05, 3.63) is 35.4 Å². The molecule has 2 heterocycles. The summed E-state index contributed by atoms with van der Waals surface area (Å²) in [6, 6.07) is 3.86. The van der Waals surface area contributed by atoms with E-state index in [0.717, 1.165) is 90.3 Å². The van der Waals surface area contributed by atoms with Crippen molar-refractivity contribution < 1.29 is 18.3 Å². The van der Waals surface area contributed by atoms with Crippen molar-refractivity contribution in [2.75, 3.05) is 59.6 Å². The van der Waals surface area contributed by atoms with Gasteiger partial charge in [0.2, 0.25) is 0 Å². The number of piperazine rings is 1. The monoisotopic (exact) mass is 566 g/mol. The van der Waals surface area contributed by atoms with Crippen molar-refractivity contribution in [2.24, 2.45) is 4.99 Å². The highest BCUT2D eigenvalue weighted by Gasteiger charge is 2.27. The second kappa shape index (κ2) is 14.3. The van der Waals surface area contributed by atoms with Crippen LogP contribution in [0.25, 0.3) is 0 Å². The Labute approximate surface area is 207 Å². The second-order valence-corrected chi connectivity index (χ2v) is 8.12. The number of guanidine groups is 1. The summed E-state index contributed by atoms with van der Waals surface area (Å²) in [6.07, 6.45) is 4.01. The predicted molar refractivity (Wildman–Crippen MR) is 134 cm³/mol. The first kappa shape index (κ1) is 27.2. The Morgan fingerprint density at radius 3 is 2.56 bits per heavy atom. The van der Waals surface area contributed by atoms with Crippen LogP contribution < -0.4 is 5.32 Å². The molecule has 1 unspecified atom stereocenters. The van der Waals surface area contributed by atoms with Gasteiger partial charge in [-0.3, -0.25) is 9.89 Å². The lowest BCUT2D eigenvalue weighted by atomic mass is 10.0. The highest BCUT2D eigenvalue weighted by atomic mass is 127. The minimum atomic E-state index is -0.533. The van der Waals surface area contributed by atoms with Gasteiger partial charge in [-0.15, -0.1) is 24.0 Å². The van der Waals surface area contributed by atoms with E-state index in [0.29, 0.717) is 11.7 Å². The van der Waals surface area contributed by atoms with Crippen LogP contribution in [0.15, 0.2) is 23.2 Å². The molecule has 0 radical (unpaired) electrons. The van der Waals surface area contributed by atoms with Crippen LogP contribution in [0.2, 0.25) is 0 Å². The van der Waals surface area contributed by atoms with E-state index in [1.807, 2.05) is 6.92 Å². The number of hydrogen-bond donors (Lipinski definition) is 1. The lowest BCUT2D eigenvalue weighted by Gasteiger charge is -2.40. The molecule has 1 N–H and O–H groups in total. The molecule has 2 saturated heterocycles. The number of hydrogen-bond acceptors (Lipinski definition) is 4. The standard InChI is InChI=1S/C23H36F2N4O2.HI/c1-3-22(20-6-5-18(24)17-21(20)25)28-10-12-29(13-11-28)23(26-2)27-9-4-14-31-19-7-15-30-16-8-19;/h5-6,17,19,22H,3-4,7-16H2,1-2H3,(H,26,27);1H. The van der Waals surface area contributed by atoms with Crippen LogP contribution in [-0.4, -0.2) is 81.5 Å². The van der Waals surface area contributed by atoms with E-state index in [4.69, 9.17) is 9.47 Å². The van der Waals surface area contributed by atoms with Gasteiger partial charge in [0.15, 0.2) is 5.96 Å². The molecule has 1 aromatic carbocycles. The molecule has 2 aliphatic heterocycles. The molecule has 0 aliphatic carbocycles. The SMILES string of the molecule is CCC(c1ccc(F)cc1F)N1CCN(C(=NC)NCCCOC2CCOCC2)CC1.I. The summed E-state index contributed by atoms with van der Waals surface area (Å²) in [4.78, 5) is 8.94. The number of rotatable bonds is 8. The topological polar surface area (TPSA) is 49.3 Å². The lowest BCUT2D eigenvalue weighted by Crippen LogP contribution is -2.53.